The van der Waals surface area contributed by atoms with Crippen molar-refractivity contribution >= 4 is 12.0 Å². The maximum Gasteiger partial charge on any atom is 0.244 e. The van der Waals surface area contributed by atoms with E-state index in [1.165, 1.54) is 6.08 Å². The lowest BCUT2D eigenvalue weighted by Crippen LogP contribution is -2.40. The summed E-state index contributed by atoms with van der Waals surface area (Å²) < 4.78 is 1.67. The van der Waals surface area contributed by atoms with Gasteiger partial charge in [-0.05, 0) is 25.3 Å². The second-order valence-electron chi connectivity index (χ2n) is 5.59. The predicted octanol–water partition coefficient (Wildman–Crippen LogP) is 1.35. The van der Waals surface area contributed by atoms with Crippen LogP contribution in [0.15, 0.2) is 18.5 Å². The van der Waals surface area contributed by atoms with E-state index in [4.69, 9.17) is 0 Å². The summed E-state index contributed by atoms with van der Waals surface area (Å²) in [6.07, 6.45) is 7.29. The van der Waals surface area contributed by atoms with Crippen LogP contribution < -0.4 is 5.32 Å². The van der Waals surface area contributed by atoms with Crippen LogP contribution in [0, 0.1) is 5.92 Å². The molecule has 1 amide bonds. The minimum absolute atomic E-state index is 0.215. The molecule has 1 aromatic heterocycles. The summed E-state index contributed by atoms with van der Waals surface area (Å²) in [6, 6.07) is 0. The number of carbonyl (C=O) groups excluding carboxylic acids is 1. The Hall–Kier alpha value is -1.62. The molecule has 0 bridgehead atoms. The van der Waals surface area contributed by atoms with Crippen molar-refractivity contribution in [2.45, 2.75) is 32.8 Å². The minimum Gasteiger partial charge on any atom is -0.388 e. The van der Waals surface area contributed by atoms with Gasteiger partial charge in [-0.25, -0.2) is 0 Å². The molecule has 0 saturated heterocycles. The third kappa shape index (κ3) is 6.20. The number of hydrogen-bond acceptors (Lipinski definition) is 3. The first-order chi connectivity index (χ1) is 8.78. The second-order valence-corrected chi connectivity index (χ2v) is 5.59. The van der Waals surface area contributed by atoms with Crippen LogP contribution in [0.4, 0.5) is 0 Å². The normalized spacial score (nSPS) is 14.8. The molecule has 0 aliphatic rings. The Morgan fingerprint density at radius 1 is 1.63 bits per heavy atom. The zero-order valence-corrected chi connectivity index (χ0v) is 12.1. The van der Waals surface area contributed by atoms with E-state index in [1.807, 2.05) is 27.1 Å². The zero-order chi connectivity index (χ0) is 14.5. The molecule has 106 valence electrons. The number of rotatable bonds is 6. The van der Waals surface area contributed by atoms with Crippen LogP contribution in [0.2, 0.25) is 0 Å². The third-order valence-corrected chi connectivity index (χ3v) is 2.64. The standard InChI is InChI=1S/C14H23N3O2/c1-11(2)7-14(3,19)10-15-13(18)6-5-12-8-16-17(4)9-12/h5-6,8-9,11,19H,7,10H2,1-4H3,(H,15,18). The Labute approximate surface area is 114 Å². The number of aliphatic hydroxyl groups is 1. The summed E-state index contributed by atoms with van der Waals surface area (Å²) in [5.74, 6) is 0.172. The third-order valence-electron chi connectivity index (χ3n) is 2.64. The highest BCUT2D eigenvalue weighted by Crippen LogP contribution is 2.14. The molecule has 1 heterocycles. The van der Waals surface area contributed by atoms with Gasteiger partial charge in [0.2, 0.25) is 5.91 Å². The van der Waals surface area contributed by atoms with Gasteiger partial charge < -0.3 is 10.4 Å². The highest BCUT2D eigenvalue weighted by atomic mass is 16.3. The maximum absolute atomic E-state index is 11.6. The van der Waals surface area contributed by atoms with Crippen LogP contribution in [0.5, 0.6) is 0 Å². The Morgan fingerprint density at radius 2 is 2.32 bits per heavy atom. The molecule has 0 spiro atoms. The molecular weight excluding hydrogens is 242 g/mol. The Bertz CT molecular complexity index is 447. The molecule has 5 nitrogen and oxygen atoms in total. The molecule has 0 aliphatic carbocycles. The molecule has 5 heteroatoms. The van der Waals surface area contributed by atoms with Crippen molar-refractivity contribution in [3.63, 3.8) is 0 Å². The summed E-state index contributed by atoms with van der Waals surface area (Å²) in [7, 11) is 1.82. The number of hydrogen-bond donors (Lipinski definition) is 2. The number of aryl methyl sites for hydroxylation is 1. The maximum atomic E-state index is 11.6. The summed E-state index contributed by atoms with van der Waals surface area (Å²) >= 11 is 0. The molecule has 0 aliphatic heterocycles. The zero-order valence-electron chi connectivity index (χ0n) is 12.1. The Kier molecular flexibility index (Phi) is 5.30. The van der Waals surface area contributed by atoms with E-state index in [2.05, 4.69) is 10.4 Å². The van der Waals surface area contributed by atoms with Gasteiger partial charge in [0.25, 0.3) is 0 Å². The van der Waals surface area contributed by atoms with Gasteiger partial charge in [0.05, 0.1) is 11.8 Å². The molecule has 1 aromatic rings. The van der Waals surface area contributed by atoms with Gasteiger partial charge in [-0.2, -0.15) is 5.10 Å². The van der Waals surface area contributed by atoms with Crippen molar-refractivity contribution in [3.8, 4) is 0 Å². The van der Waals surface area contributed by atoms with Gasteiger partial charge in [-0.1, -0.05) is 13.8 Å². The van der Waals surface area contributed by atoms with E-state index in [9.17, 15) is 9.90 Å². The molecule has 0 aromatic carbocycles. The number of amides is 1. The van der Waals surface area contributed by atoms with Crippen LogP contribution in [0.25, 0.3) is 6.08 Å². The van der Waals surface area contributed by atoms with Crippen molar-refractivity contribution in [1.29, 1.82) is 0 Å². The van der Waals surface area contributed by atoms with Crippen LogP contribution >= 0.6 is 0 Å². The largest absolute Gasteiger partial charge is 0.388 e. The molecule has 0 radical (unpaired) electrons. The first-order valence-electron chi connectivity index (χ1n) is 6.45. The molecule has 0 fully saturated rings. The first kappa shape index (κ1) is 15.4. The molecule has 2 N–H and O–H groups in total. The lowest BCUT2D eigenvalue weighted by Gasteiger charge is -2.25. The Morgan fingerprint density at radius 3 is 2.84 bits per heavy atom. The monoisotopic (exact) mass is 265 g/mol. The average Bonchev–Trinajstić information content (AvgIpc) is 2.68. The van der Waals surface area contributed by atoms with E-state index >= 15 is 0 Å². The van der Waals surface area contributed by atoms with Crippen molar-refractivity contribution < 1.29 is 9.90 Å². The number of carbonyl (C=O) groups is 1. The highest BCUT2D eigenvalue weighted by Gasteiger charge is 2.21. The lowest BCUT2D eigenvalue weighted by molar-refractivity contribution is -0.117. The molecule has 1 atom stereocenters. The molecule has 1 unspecified atom stereocenters. The molecular formula is C14H23N3O2. The quantitative estimate of drug-likeness (QED) is 0.763. The fourth-order valence-corrected chi connectivity index (χ4v) is 1.99. The van der Waals surface area contributed by atoms with Crippen molar-refractivity contribution in [2.75, 3.05) is 6.54 Å². The second kappa shape index (κ2) is 6.52. The van der Waals surface area contributed by atoms with Crippen LogP contribution in [-0.2, 0) is 11.8 Å². The van der Waals surface area contributed by atoms with E-state index in [1.54, 1.807) is 23.9 Å². The number of nitrogens with zero attached hydrogens (tertiary/aromatic N) is 2. The van der Waals surface area contributed by atoms with Crippen molar-refractivity contribution in [3.05, 3.63) is 24.0 Å². The number of nitrogens with one attached hydrogen (secondary N) is 1. The SMILES string of the molecule is CC(C)CC(C)(O)CNC(=O)C=Cc1cnn(C)c1. The molecule has 0 saturated carbocycles. The van der Waals surface area contributed by atoms with Gasteiger partial charge in [0.1, 0.15) is 0 Å². The van der Waals surface area contributed by atoms with Crippen LogP contribution in [0.1, 0.15) is 32.8 Å². The Balaban J connectivity index is 2.41. The summed E-state index contributed by atoms with van der Waals surface area (Å²) in [5.41, 5.74) is -0.00186. The van der Waals surface area contributed by atoms with Crippen molar-refractivity contribution in [2.24, 2.45) is 13.0 Å². The van der Waals surface area contributed by atoms with Gasteiger partial charge in [-0.3, -0.25) is 9.48 Å². The molecule has 1 rings (SSSR count). The number of aromatic nitrogens is 2. The summed E-state index contributed by atoms with van der Waals surface area (Å²) in [6.45, 7) is 6.07. The van der Waals surface area contributed by atoms with Gasteiger partial charge in [0, 0.05) is 31.4 Å². The topological polar surface area (TPSA) is 67.2 Å². The van der Waals surface area contributed by atoms with Crippen molar-refractivity contribution in [1.82, 2.24) is 15.1 Å². The summed E-state index contributed by atoms with van der Waals surface area (Å²) in [5, 5.41) is 16.8. The summed E-state index contributed by atoms with van der Waals surface area (Å²) in [4.78, 5) is 11.6. The van der Waals surface area contributed by atoms with E-state index in [0.29, 0.717) is 12.3 Å². The van der Waals surface area contributed by atoms with Crippen LogP contribution in [-0.4, -0.2) is 32.9 Å². The smallest absolute Gasteiger partial charge is 0.244 e. The van der Waals surface area contributed by atoms with Gasteiger partial charge >= 0.3 is 0 Å². The van der Waals surface area contributed by atoms with E-state index in [-0.39, 0.29) is 12.5 Å². The lowest BCUT2D eigenvalue weighted by atomic mass is 9.94. The van der Waals surface area contributed by atoms with E-state index < -0.39 is 5.60 Å². The average molecular weight is 265 g/mol. The van der Waals surface area contributed by atoms with Crippen LogP contribution in [0.3, 0.4) is 0 Å². The fourth-order valence-electron chi connectivity index (χ4n) is 1.99. The predicted molar refractivity (Wildman–Crippen MR) is 75.3 cm³/mol. The van der Waals surface area contributed by atoms with Gasteiger partial charge in [-0.15, -0.1) is 0 Å². The minimum atomic E-state index is -0.869. The first-order valence-corrected chi connectivity index (χ1v) is 6.45. The molecule has 19 heavy (non-hydrogen) atoms. The van der Waals surface area contributed by atoms with Gasteiger partial charge in [0.15, 0.2) is 0 Å². The fraction of sp³-hybridized carbons (Fsp3) is 0.571. The highest BCUT2D eigenvalue weighted by molar-refractivity contribution is 5.91. The van der Waals surface area contributed by atoms with E-state index in [0.717, 1.165) is 5.56 Å².